The molecule has 1 amide bonds. The molecule has 2 rings (SSSR count). The molecule has 0 saturated carbocycles. The van der Waals surface area contributed by atoms with Crippen LogP contribution in [0.4, 0.5) is 4.39 Å². The molecule has 2 aromatic carbocycles. The molecule has 0 aliphatic carbocycles. The summed E-state index contributed by atoms with van der Waals surface area (Å²) in [6.07, 6.45) is 1.80. The summed E-state index contributed by atoms with van der Waals surface area (Å²) in [4.78, 5) is 12.2. The van der Waals surface area contributed by atoms with Gasteiger partial charge in [0.05, 0.1) is 0 Å². The van der Waals surface area contributed by atoms with Gasteiger partial charge in [-0.1, -0.05) is 36.8 Å². The number of halogens is 1. The molecule has 128 valence electrons. The van der Waals surface area contributed by atoms with Gasteiger partial charge in [-0.3, -0.25) is 4.79 Å². The first-order valence-corrected chi connectivity index (χ1v) is 8.34. The lowest BCUT2D eigenvalue weighted by Crippen LogP contribution is -2.38. The first kappa shape index (κ1) is 18.0. The maximum atomic E-state index is 12.9. The highest BCUT2D eigenvalue weighted by atomic mass is 19.1. The topological polar surface area (TPSA) is 38.3 Å². The highest BCUT2D eigenvalue weighted by molar-refractivity contribution is 5.81. The normalized spacial score (nSPS) is 11.8. The molecular formula is C20H24FNO2. The molecule has 0 heterocycles. The Morgan fingerprint density at radius 1 is 1.12 bits per heavy atom. The average molecular weight is 329 g/mol. The molecule has 24 heavy (non-hydrogen) atoms. The molecule has 2 aromatic rings. The van der Waals surface area contributed by atoms with Gasteiger partial charge in [0.1, 0.15) is 11.6 Å². The molecule has 4 heteroatoms. The van der Waals surface area contributed by atoms with Crippen LogP contribution >= 0.6 is 0 Å². The van der Waals surface area contributed by atoms with Gasteiger partial charge < -0.3 is 10.1 Å². The quantitative estimate of drug-likeness (QED) is 0.742. The molecule has 1 unspecified atom stereocenters. The van der Waals surface area contributed by atoms with Gasteiger partial charge in [-0.15, -0.1) is 0 Å². The molecule has 3 nitrogen and oxygen atoms in total. The maximum Gasteiger partial charge on any atom is 0.261 e. The van der Waals surface area contributed by atoms with Crippen molar-refractivity contribution in [3.8, 4) is 5.75 Å². The summed E-state index contributed by atoms with van der Waals surface area (Å²) < 4.78 is 18.5. The van der Waals surface area contributed by atoms with E-state index in [0.29, 0.717) is 18.7 Å². The number of benzene rings is 2. The van der Waals surface area contributed by atoms with Crippen molar-refractivity contribution in [1.82, 2.24) is 5.32 Å². The standard InChI is InChI=1S/C20H24FNO2/c1-3-19(24-18-12-10-17(21)11-13-18)20(23)22-14-4-5-16-8-6-15(2)7-9-16/h6-13,19H,3-5,14H2,1-2H3,(H,22,23). The summed E-state index contributed by atoms with van der Waals surface area (Å²) in [5, 5.41) is 2.91. The molecule has 1 atom stereocenters. The Hall–Kier alpha value is -2.36. The van der Waals surface area contributed by atoms with Crippen molar-refractivity contribution in [3.05, 3.63) is 65.5 Å². The molecule has 0 aliphatic rings. The molecule has 0 aliphatic heterocycles. The lowest BCUT2D eigenvalue weighted by molar-refractivity contribution is -0.128. The minimum absolute atomic E-state index is 0.134. The second kappa shape index (κ2) is 9.06. The van der Waals surface area contributed by atoms with Crippen molar-refractivity contribution in [3.63, 3.8) is 0 Å². The monoisotopic (exact) mass is 329 g/mol. The van der Waals surface area contributed by atoms with Crippen molar-refractivity contribution in [2.45, 2.75) is 39.2 Å². The van der Waals surface area contributed by atoms with Gasteiger partial charge >= 0.3 is 0 Å². The number of ether oxygens (including phenoxy) is 1. The molecular weight excluding hydrogens is 305 g/mol. The third-order valence-corrected chi connectivity index (χ3v) is 3.82. The Morgan fingerprint density at radius 3 is 2.42 bits per heavy atom. The predicted octanol–water partition coefficient (Wildman–Crippen LogP) is 4.04. The van der Waals surface area contributed by atoms with Crippen LogP contribution in [0.3, 0.4) is 0 Å². The van der Waals surface area contributed by atoms with Crippen LogP contribution in [0, 0.1) is 12.7 Å². The fraction of sp³-hybridized carbons (Fsp3) is 0.350. The summed E-state index contributed by atoms with van der Waals surface area (Å²) in [6, 6.07) is 14.1. The van der Waals surface area contributed by atoms with Gasteiger partial charge in [-0.25, -0.2) is 4.39 Å². The summed E-state index contributed by atoms with van der Waals surface area (Å²) >= 11 is 0. The molecule has 1 N–H and O–H groups in total. The minimum atomic E-state index is -0.560. The zero-order valence-corrected chi connectivity index (χ0v) is 14.2. The summed E-state index contributed by atoms with van der Waals surface area (Å²) in [7, 11) is 0. The number of carbonyl (C=O) groups is 1. The Labute approximate surface area is 142 Å². The van der Waals surface area contributed by atoms with E-state index in [4.69, 9.17) is 4.74 Å². The van der Waals surface area contributed by atoms with Gasteiger partial charge in [-0.05, 0) is 56.0 Å². The van der Waals surface area contributed by atoms with Crippen LogP contribution in [0.25, 0.3) is 0 Å². The van der Waals surface area contributed by atoms with Crippen molar-refractivity contribution in [2.75, 3.05) is 6.54 Å². The van der Waals surface area contributed by atoms with Crippen LogP contribution in [0.15, 0.2) is 48.5 Å². The number of hydrogen-bond acceptors (Lipinski definition) is 2. The highest BCUT2D eigenvalue weighted by Gasteiger charge is 2.17. The second-order valence-electron chi connectivity index (χ2n) is 5.85. The largest absolute Gasteiger partial charge is 0.481 e. The lowest BCUT2D eigenvalue weighted by Gasteiger charge is -2.17. The van der Waals surface area contributed by atoms with Crippen LogP contribution in [0.5, 0.6) is 5.75 Å². The average Bonchev–Trinajstić information content (AvgIpc) is 2.59. The number of rotatable bonds is 8. The number of carbonyl (C=O) groups excluding carboxylic acids is 1. The van der Waals surface area contributed by atoms with Gasteiger partial charge in [0.25, 0.3) is 5.91 Å². The van der Waals surface area contributed by atoms with E-state index >= 15 is 0 Å². The van der Waals surface area contributed by atoms with Gasteiger partial charge in [0.15, 0.2) is 6.10 Å². The highest BCUT2D eigenvalue weighted by Crippen LogP contribution is 2.14. The first-order chi connectivity index (χ1) is 11.6. The molecule has 0 aromatic heterocycles. The number of nitrogens with one attached hydrogen (secondary N) is 1. The van der Waals surface area contributed by atoms with E-state index in [2.05, 4.69) is 36.5 Å². The number of aryl methyl sites for hydroxylation is 2. The fourth-order valence-electron chi connectivity index (χ4n) is 2.37. The number of hydrogen-bond donors (Lipinski definition) is 1. The Morgan fingerprint density at radius 2 is 1.79 bits per heavy atom. The van der Waals surface area contributed by atoms with E-state index in [1.807, 2.05) is 6.92 Å². The Bertz CT molecular complexity index is 638. The van der Waals surface area contributed by atoms with Crippen LogP contribution in [-0.4, -0.2) is 18.6 Å². The van der Waals surface area contributed by atoms with Crippen LogP contribution in [0.1, 0.15) is 30.9 Å². The molecule has 0 spiro atoms. The molecule has 0 radical (unpaired) electrons. The van der Waals surface area contributed by atoms with E-state index in [1.165, 1.54) is 35.4 Å². The molecule has 0 bridgehead atoms. The van der Waals surface area contributed by atoms with E-state index in [-0.39, 0.29) is 11.7 Å². The van der Waals surface area contributed by atoms with E-state index < -0.39 is 6.10 Å². The second-order valence-corrected chi connectivity index (χ2v) is 5.85. The zero-order valence-electron chi connectivity index (χ0n) is 14.2. The first-order valence-electron chi connectivity index (χ1n) is 8.34. The zero-order chi connectivity index (χ0) is 17.4. The van der Waals surface area contributed by atoms with E-state index in [9.17, 15) is 9.18 Å². The van der Waals surface area contributed by atoms with Crippen LogP contribution < -0.4 is 10.1 Å². The van der Waals surface area contributed by atoms with E-state index in [1.54, 1.807) is 0 Å². The van der Waals surface area contributed by atoms with E-state index in [0.717, 1.165) is 12.8 Å². The van der Waals surface area contributed by atoms with Gasteiger partial charge in [0.2, 0.25) is 0 Å². The van der Waals surface area contributed by atoms with Crippen molar-refractivity contribution in [1.29, 1.82) is 0 Å². The summed E-state index contributed by atoms with van der Waals surface area (Å²) in [5.41, 5.74) is 2.51. The summed E-state index contributed by atoms with van der Waals surface area (Å²) in [5.74, 6) is 0.0414. The van der Waals surface area contributed by atoms with Crippen LogP contribution in [-0.2, 0) is 11.2 Å². The Kier molecular flexibility index (Phi) is 6.79. The molecule has 0 fully saturated rings. The summed E-state index contributed by atoms with van der Waals surface area (Å²) in [6.45, 7) is 4.56. The third-order valence-electron chi connectivity index (χ3n) is 3.82. The van der Waals surface area contributed by atoms with Crippen LogP contribution in [0.2, 0.25) is 0 Å². The smallest absolute Gasteiger partial charge is 0.261 e. The maximum absolute atomic E-state index is 12.9. The molecule has 0 saturated heterocycles. The van der Waals surface area contributed by atoms with Crippen molar-refractivity contribution >= 4 is 5.91 Å². The fourth-order valence-corrected chi connectivity index (χ4v) is 2.37. The third kappa shape index (κ3) is 5.69. The lowest BCUT2D eigenvalue weighted by atomic mass is 10.1. The number of amides is 1. The van der Waals surface area contributed by atoms with Crippen molar-refractivity contribution in [2.24, 2.45) is 0 Å². The van der Waals surface area contributed by atoms with Crippen molar-refractivity contribution < 1.29 is 13.9 Å². The SMILES string of the molecule is CCC(Oc1ccc(F)cc1)C(=O)NCCCc1ccc(C)cc1. The minimum Gasteiger partial charge on any atom is -0.481 e. The Balaban J connectivity index is 1.75. The van der Waals surface area contributed by atoms with Gasteiger partial charge in [-0.2, -0.15) is 0 Å². The predicted molar refractivity (Wildman–Crippen MR) is 93.6 cm³/mol. The van der Waals surface area contributed by atoms with Gasteiger partial charge in [0, 0.05) is 6.54 Å².